The Kier molecular flexibility index (Phi) is 5.37. The molecule has 0 bridgehead atoms. The molecule has 6 rings (SSSR count). The van der Waals surface area contributed by atoms with E-state index in [1.165, 1.54) is 27.2 Å². The molecule has 0 aliphatic carbocycles. The molecule has 3 aromatic rings. The topological polar surface area (TPSA) is 80.1 Å². The molecule has 4 heterocycles. The van der Waals surface area contributed by atoms with Gasteiger partial charge in [-0.05, 0) is 78.8 Å². The van der Waals surface area contributed by atoms with Crippen molar-refractivity contribution in [3.05, 3.63) is 53.2 Å². The number of anilines is 1. The summed E-state index contributed by atoms with van der Waals surface area (Å²) >= 11 is 0. The third kappa shape index (κ3) is 3.68. The van der Waals surface area contributed by atoms with Gasteiger partial charge < -0.3 is 20.0 Å². The quantitative estimate of drug-likeness (QED) is 0.550. The number of nitrogens with zero attached hydrogens (tertiary/aromatic N) is 4. The van der Waals surface area contributed by atoms with E-state index in [4.69, 9.17) is 4.98 Å². The number of likely N-dealkylation sites (tertiary alicyclic amines) is 1. The van der Waals surface area contributed by atoms with Crippen molar-refractivity contribution in [1.29, 1.82) is 0 Å². The molecule has 36 heavy (non-hydrogen) atoms. The zero-order valence-electron chi connectivity index (χ0n) is 21.3. The van der Waals surface area contributed by atoms with Gasteiger partial charge >= 0.3 is 6.09 Å². The Morgan fingerprint density at radius 1 is 1.11 bits per heavy atom. The van der Waals surface area contributed by atoms with Gasteiger partial charge in [-0.15, -0.1) is 0 Å². The van der Waals surface area contributed by atoms with E-state index in [-0.39, 0.29) is 11.2 Å². The van der Waals surface area contributed by atoms with Gasteiger partial charge in [0.25, 0.3) is 0 Å². The minimum absolute atomic E-state index is 0.0452. The number of aromatic hydroxyl groups is 1. The summed E-state index contributed by atoms with van der Waals surface area (Å²) in [6.45, 7) is 11.5. The Balaban J connectivity index is 1.47. The van der Waals surface area contributed by atoms with E-state index in [0.717, 1.165) is 61.3 Å². The molecule has 3 aliphatic heterocycles. The highest BCUT2D eigenvalue weighted by molar-refractivity contribution is 5.99. The first-order valence-corrected chi connectivity index (χ1v) is 13.0. The number of fused-ring (bicyclic) bond motifs is 2. The van der Waals surface area contributed by atoms with Gasteiger partial charge in [0.1, 0.15) is 11.6 Å². The van der Waals surface area contributed by atoms with E-state index in [1.807, 2.05) is 12.1 Å². The van der Waals surface area contributed by atoms with Gasteiger partial charge in [0.2, 0.25) is 0 Å². The molecule has 7 nitrogen and oxygen atoms in total. The summed E-state index contributed by atoms with van der Waals surface area (Å²) in [5.41, 5.74) is 6.20. The van der Waals surface area contributed by atoms with Gasteiger partial charge in [-0.2, -0.15) is 0 Å². The second-order valence-electron chi connectivity index (χ2n) is 11.2. The van der Waals surface area contributed by atoms with Crippen LogP contribution in [0.4, 0.5) is 10.6 Å². The number of hydrogen-bond acceptors (Lipinski definition) is 5. The first kappa shape index (κ1) is 23.1. The van der Waals surface area contributed by atoms with Crippen LogP contribution in [0.5, 0.6) is 5.75 Å². The van der Waals surface area contributed by atoms with Crippen LogP contribution in [0.3, 0.4) is 0 Å². The molecule has 1 aromatic heterocycles. The number of phenolic OH excluding ortho intramolecular Hbond substituents is 1. The smallest absolute Gasteiger partial charge is 0.407 e. The Labute approximate surface area is 212 Å². The van der Waals surface area contributed by atoms with Crippen LogP contribution in [-0.4, -0.2) is 69.9 Å². The van der Waals surface area contributed by atoms with Crippen molar-refractivity contribution < 1.29 is 15.0 Å². The average molecular weight is 487 g/mol. The van der Waals surface area contributed by atoms with Crippen molar-refractivity contribution in [2.45, 2.75) is 46.2 Å². The molecule has 3 aliphatic rings. The Morgan fingerprint density at radius 3 is 2.67 bits per heavy atom. The zero-order valence-corrected chi connectivity index (χ0v) is 21.3. The lowest BCUT2D eigenvalue weighted by molar-refractivity contribution is 0.0251. The average Bonchev–Trinajstić information content (AvgIpc) is 3.28. The number of carbonyl (C=O) groups is 1. The van der Waals surface area contributed by atoms with Crippen molar-refractivity contribution in [3.63, 3.8) is 0 Å². The van der Waals surface area contributed by atoms with Gasteiger partial charge in [0.05, 0.1) is 5.69 Å². The summed E-state index contributed by atoms with van der Waals surface area (Å²) in [4.78, 5) is 23.1. The molecule has 0 atom stereocenters. The second kappa shape index (κ2) is 8.37. The third-order valence-corrected chi connectivity index (χ3v) is 8.53. The van der Waals surface area contributed by atoms with Crippen LogP contribution in [0.25, 0.3) is 21.9 Å². The van der Waals surface area contributed by atoms with Crippen LogP contribution < -0.4 is 4.90 Å². The predicted octanol–water partition coefficient (Wildman–Crippen LogP) is 4.87. The minimum Gasteiger partial charge on any atom is -0.508 e. The third-order valence-electron chi connectivity index (χ3n) is 8.53. The van der Waals surface area contributed by atoms with Crippen molar-refractivity contribution in [1.82, 2.24) is 14.8 Å². The summed E-state index contributed by atoms with van der Waals surface area (Å²) in [5.74, 6) is 1.32. The van der Waals surface area contributed by atoms with Crippen molar-refractivity contribution in [3.8, 4) is 16.9 Å². The second-order valence-corrected chi connectivity index (χ2v) is 11.2. The summed E-state index contributed by atoms with van der Waals surface area (Å²) < 4.78 is 0. The number of pyridine rings is 1. The van der Waals surface area contributed by atoms with E-state index in [0.29, 0.717) is 19.1 Å². The van der Waals surface area contributed by atoms with Gasteiger partial charge in [-0.1, -0.05) is 24.3 Å². The highest BCUT2D eigenvalue weighted by Gasteiger charge is 2.50. The monoisotopic (exact) mass is 486 g/mol. The Bertz CT molecular complexity index is 1360. The Hall–Kier alpha value is -3.32. The first-order chi connectivity index (χ1) is 17.2. The summed E-state index contributed by atoms with van der Waals surface area (Å²) in [5, 5.41) is 21.6. The molecule has 0 saturated carbocycles. The fraction of sp³-hybridized carbons (Fsp3) is 0.448. The largest absolute Gasteiger partial charge is 0.508 e. The number of amides is 1. The van der Waals surface area contributed by atoms with Crippen LogP contribution in [0.15, 0.2) is 36.4 Å². The van der Waals surface area contributed by atoms with Crippen molar-refractivity contribution in [2.75, 3.05) is 37.6 Å². The van der Waals surface area contributed by atoms with Crippen LogP contribution in [0.2, 0.25) is 0 Å². The molecule has 7 heteroatoms. The molecule has 188 valence electrons. The predicted molar refractivity (Wildman–Crippen MR) is 142 cm³/mol. The van der Waals surface area contributed by atoms with Gasteiger partial charge in [-0.25, -0.2) is 9.78 Å². The van der Waals surface area contributed by atoms with Crippen LogP contribution in [-0.2, 0) is 13.0 Å². The number of phenols is 1. The summed E-state index contributed by atoms with van der Waals surface area (Å²) in [6, 6.07) is 12.4. The van der Waals surface area contributed by atoms with E-state index in [9.17, 15) is 15.0 Å². The highest BCUT2D eigenvalue weighted by Crippen LogP contribution is 2.45. The lowest BCUT2D eigenvalue weighted by Crippen LogP contribution is -2.59. The standard InChI is InChI=1S/C29H34N4O3/c1-18(2)31-11-9-24-25(14-31)30-27(32-12-10-29(15-32)16-33(17-29)28(35)36)19(3)26(24)23-6-4-5-20-13-21(34)7-8-22(20)23/h4-8,13,18,34H,9-12,14-17H2,1-3H3,(H,35,36). The molecule has 1 spiro atoms. The fourth-order valence-corrected chi connectivity index (χ4v) is 6.56. The molecule has 0 radical (unpaired) electrons. The SMILES string of the molecule is Cc1c(N2CCC3(CN(C(=O)O)C3)C2)nc2c(c1-c1cccc3cc(O)ccc13)CCN(C(C)C)C2. The number of rotatable bonds is 3. The van der Waals surface area contributed by atoms with E-state index < -0.39 is 6.09 Å². The van der Waals surface area contributed by atoms with Crippen LogP contribution in [0, 0.1) is 12.3 Å². The maximum absolute atomic E-state index is 11.4. The van der Waals surface area contributed by atoms with Gasteiger partial charge in [0.15, 0.2) is 0 Å². The first-order valence-electron chi connectivity index (χ1n) is 13.0. The Morgan fingerprint density at radius 2 is 1.92 bits per heavy atom. The van der Waals surface area contributed by atoms with Crippen LogP contribution in [0.1, 0.15) is 37.1 Å². The highest BCUT2D eigenvalue weighted by atomic mass is 16.4. The van der Waals surface area contributed by atoms with Gasteiger partial charge in [0, 0.05) is 50.7 Å². The lowest BCUT2D eigenvalue weighted by Gasteiger charge is -2.46. The van der Waals surface area contributed by atoms with Crippen molar-refractivity contribution >= 4 is 22.7 Å². The molecule has 1 amide bonds. The molecule has 0 unspecified atom stereocenters. The van der Waals surface area contributed by atoms with E-state index in [2.05, 4.69) is 48.8 Å². The van der Waals surface area contributed by atoms with E-state index in [1.54, 1.807) is 6.07 Å². The normalized spacial score (nSPS) is 19.2. The van der Waals surface area contributed by atoms with E-state index >= 15 is 0 Å². The summed E-state index contributed by atoms with van der Waals surface area (Å²) in [6.07, 6.45) is 1.14. The minimum atomic E-state index is -0.819. The fourth-order valence-electron chi connectivity index (χ4n) is 6.56. The zero-order chi connectivity index (χ0) is 25.2. The maximum atomic E-state index is 11.4. The number of carboxylic acid groups (broad SMARTS) is 1. The maximum Gasteiger partial charge on any atom is 0.407 e. The molecule has 2 fully saturated rings. The molecule has 2 aromatic carbocycles. The molecular formula is C29H34N4O3. The number of aromatic nitrogens is 1. The number of benzene rings is 2. The van der Waals surface area contributed by atoms with Crippen LogP contribution >= 0.6 is 0 Å². The molecule has 2 saturated heterocycles. The lowest BCUT2D eigenvalue weighted by atomic mass is 9.79. The molecular weight excluding hydrogens is 452 g/mol. The molecule has 2 N–H and O–H groups in total. The summed E-state index contributed by atoms with van der Waals surface area (Å²) in [7, 11) is 0. The van der Waals surface area contributed by atoms with Crippen molar-refractivity contribution in [2.24, 2.45) is 5.41 Å². The number of hydrogen-bond donors (Lipinski definition) is 2. The van der Waals surface area contributed by atoms with Gasteiger partial charge in [-0.3, -0.25) is 4.90 Å².